The number of aliphatic hydroxyl groups is 1. The van der Waals surface area contributed by atoms with Crippen LogP contribution < -0.4 is 0 Å². The molecule has 1 aliphatic rings. The topological polar surface area (TPSA) is 106 Å². The molecule has 1 aliphatic heterocycles. The molecule has 0 radical (unpaired) electrons. The number of carbonyl (C=O) groups excluding carboxylic acids is 3. The smallest absolute Gasteiger partial charge is 0.417 e. The molecule has 2 atom stereocenters. The predicted molar refractivity (Wildman–Crippen MR) is 159 cm³/mol. The van der Waals surface area contributed by atoms with Gasteiger partial charge in [-0.1, -0.05) is 98.7 Å². The lowest BCUT2D eigenvalue weighted by molar-refractivity contribution is -0.137. The zero-order valence-corrected chi connectivity index (χ0v) is 24.6. The van der Waals surface area contributed by atoms with E-state index in [1.165, 1.54) is 7.11 Å². The number of methoxy groups -OCH3 is 1. The van der Waals surface area contributed by atoms with E-state index in [2.05, 4.69) is 0 Å². The van der Waals surface area contributed by atoms with Crippen molar-refractivity contribution < 1.29 is 33.4 Å². The molecule has 8 nitrogen and oxygen atoms in total. The number of carbonyl (C=O) groups is 3. The number of ketones is 1. The Hall–Kier alpha value is -3.75. The SMILES string of the molecule is COC(C(=O)c1cc(-c2cccc(C)c2)c(CCCCCCCCCCO)o1)C(=O)N1C(=O)OCC1c1ccccc1. The van der Waals surface area contributed by atoms with Gasteiger partial charge in [-0.2, -0.15) is 0 Å². The molecule has 2 heterocycles. The van der Waals surface area contributed by atoms with Crippen LogP contribution in [-0.4, -0.2) is 54.2 Å². The first-order valence-corrected chi connectivity index (χ1v) is 14.9. The molecule has 42 heavy (non-hydrogen) atoms. The standard InChI is InChI=1S/C34H41NO7/c1-24-15-14-18-26(21-24)27-22-30(42-29(27)19-12-7-5-3-4-6-8-13-20-36)31(37)32(40-2)33(38)35-28(23-41-34(35)39)25-16-10-9-11-17-25/h9-11,14-18,21-22,28,32,36H,3-8,12-13,19-20,23H2,1-2H3. The Labute approximate surface area is 247 Å². The summed E-state index contributed by atoms with van der Waals surface area (Å²) in [7, 11) is 1.27. The normalized spacial score (nSPS) is 15.5. The highest BCUT2D eigenvalue weighted by Crippen LogP contribution is 2.32. The molecule has 0 bridgehead atoms. The Morgan fingerprint density at radius 1 is 0.952 bits per heavy atom. The number of unbranched alkanes of at least 4 members (excludes halogenated alkanes) is 7. The van der Waals surface area contributed by atoms with E-state index in [1.54, 1.807) is 18.2 Å². The zero-order valence-electron chi connectivity index (χ0n) is 24.6. The molecule has 2 unspecified atom stereocenters. The van der Waals surface area contributed by atoms with Gasteiger partial charge in [0.1, 0.15) is 18.4 Å². The Morgan fingerprint density at radius 2 is 1.64 bits per heavy atom. The molecular formula is C34H41NO7. The van der Waals surface area contributed by atoms with Gasteiger partial charge in [0, 0.05) is 25.7 Å². The first kappa shape index (κ1) is 31.2. The number of imide groups is 1. The molecule has 8 heteroatoms. The van der Waals surface area contributed by atoms with Crippen molar-refractivity contribution in [1.29, 1.82) is 0 Å². The van der Waals surface area contributed by atoms with Gasteiger partial charge >= 0.3 is 6.09 Å². The van der Waals surface area contributed by atoms with E-state index in [0.29, 0.717) is 12.2 Å². The third-order valence-electron chi connectivity index (χ3n) is 7.69. The molecule has 0 saturated carbocycles. The van der Waals surface area contributed by atoms with Crippen LogP contribution in [0.4, 0.5) is 4.79 Å². The van der Waals surface area contributed by atoms with E-state index in [-0.39, 0.29) is 19.0 Å². The maximum atomic E-state index is 13.7. The molecule has 224 valence electrons. The number of aryl methyl sites for hydroxylation is 2. The van der Waals surface area contributed by atoms with Crippen LogP contribution in [-0.2, 0) is 20.7 Å². The molecule has 4 rings (SSSR count). The zero-order chi connectivity index (χ0) is 29.9. The van der Waals surface area contributed by atoms with Crippen molar-refractivity contribution in [2.24, 2.45) is 0 Å². The molecule has 2 amide bonds. The first-order chi connectivity index (χ1) is 20.4. The van der Waals surface area contributed by atoms with Crippen LogP contribution in [0, 0.1) is 6.92 Å². The second kappa shape index (κ2) is 15.5. The first-order valence-electron chi connectivity index (χ1n) is 14.9. The van der Waals surface area contributed by atoms with Gasteiger partial charge in [-0.05, 0) is 37.0 Å². The minimum atomic E-state index is -1.56. The minimum absolute atomic E-state index is 0.00424. The molecule has 3 aromatic rings. The van der Waals surface area contributed by atoms with E-state index in [4.69, 9.17) is 19.0 Å². The Kier molecular flexibility index (Phi) is 11.5. The number of nitrogens with zero attached hydrogens (tertiary/aromatic N) is 1. The van der Waals surface area contributed by atoms with Gasteiger partial charge in [0.15, 0.2) is 5.76 Å². The summed E-state index contributed by atoms with van der Waals surface area (Å²) < 4.78 is 16.7. The summed E-state index contributed by atoms with van der Waals surface area (Å²) >= 11 is 0. The van der Waals surface area contributed by atoms with E-state index < -0.39 is 29.9 Å². The van der Waals surface area contributed by atoms with Crippen molar-refractivity contribution in [3.8, 4) is 11.1 Å². The molecule has 1 aromatic heterocycles. The van der Waals surface area contributed by atoms with Crippen molar-refractivity contribution in [3.05, 3.63) is 83.3 Å². The lowest BCUT2D eigenvalue weighted by atomic mass is 10.00. The van der Waals surface area contributed by atoms with Gasteiger partial charge in [0.25, 0.3) is 5.91 Å². The Balaban J connectivity index is 1.49. The minimum Gasteiger partial charge on any atom is -0.457 e. The molecule has 1 saturated heterocycles. The van der Waals surface area contributed by atoms with Crippen LogP contribution in [0.15, 0.2) is 65.1 Å². The van der Waals surface area contributed by atoms with Gasteiger partial charge in [-0.25, -0.2) is 9.69 Å². The molecule has 0 aliphatic carbocycles. The lowest BCUT2D eigenvalue weighted by Crippen LogP contribution is -2.45. The summed E-state index contributed by atoms with van der Waals surface area (Å²) in [6, 6.07) is 18.1. The molecular weight excluding hydrogens is 534 g/mol. The second-order valence-corrected chi connectivity index (χ2v) is 10.8. The van der Waals surface area contributed by atoms with Gasteiger partial charge in [-0.15, -0.1) is 0 Å². The number of amides is 2. The molecule has 1 N–H and O–H groups in total. The Bertz CT molecular complexity index is 1330. The predicted octanol–water partition coefficient (Wildman–Crippen LogP) is 6.83. The lowest BCUT2D eigenvalue weighted by Gasteiger charge is -2.23. The molecule has 2 aromatic carbocycles. The molecule has 0 spiro atoms. The van der Waals surface area contributed by atoms with Crippen molar-refractivity contribution >= 4 is 17.8 Å². The number of Topliss-reactive ketones (excluding diaryl/α,β-unsaturated/α-hetero) is 1. The number of furan rings is 1. The van der Waals surface area contributed by atoms with E-state index in [1.807, 2.05) is 49.4 Å². The maximum Gasteiger partial charge on any atom is 0.417 e. The van der Waals surface area contributed by atoms with Gasteiger partial charge in [-0.3, -0.25) is 9.59 Å². The summed E-state index contributed by atoms with van der Waals surface area (Å²) in [4.78, 5) is 40.8. The molecule has 1 fully saturated rings. The average Bonchev–Trinajstić information content (AvgIpc) is 3.61. The highest BCUT2D eigenvalue weighted by Gasteiger charge is 2.44. The highest BCUT2D eigenvalue weighted by atomic mass is 16.6. The van der Waals surface area contributed by atoms with Crippen LogP contribution >= 0.6 is 0 Å². The fourth-order valence-corrected chi connectivity index (χ4v) is 5.41. The summed E-state index contributed by atoms with van der Waals surface area (Å²) in [5.41, 5.74) is 3.56. The number of hydrogen-bond donors (Lipinski definition) is 1. The number of hydrogen-bond acceptors (Lipinski definition) is 7. The average molecular weight is 576 g/mol. The fourth-order valence-electron chi connectivity index (χ4n) is 5.41. The number of rotatable bonds is 16. The van der Waals surface area contributed by atoms with Crippen LogP contribution in [0.1, 0.15) is 84.9 Å². The third kappa shape index (κ3) is 7.75. The Morgan fingerprint density at radius 3 is 2.31 bits per heavy atom. The monoisotopic (exact) mass is 575 g/mol. The van der Waals surface area contributed by atoms with Gasteiger partial charge in [0.2, 0.25) is 11.9 Å². The van der Waals surface area contributed by atoms with E-state index in [9.17, 15) is 14.4 Å². The van der Waals surface area contributed by atoms with Gasteiger partial charge in [0.05, 0.1) is 0 Å². The second-order valence-electron chi connectivity index (χ2n) is 10.8. The van der Waals surface area contributed by atoms with Gasteiger partial charge < -0.3 is 19.0 Å². The van der Waals surface area contributed by atoms with Crippen LogP contribution in [0.5, 0.6) is 0 Å². The van der Waals surface area contributed by atoms with Crippen LogP contribution in [0.25, 0.3) is 11.1 Å². The fraction of sp³-hybridized carbons (Fsp3) is 0.441. The number of benzene rings is 2. The van der Waals surface area contributed by atoms with Crippen molar-refractivity contribution in [2.45, 2.75) is 76.9 Å². The highest BCUT2D eigenvalue weighted by molar-refractivity contribution is 6.14. The number of cyclic esters (lactones) is 1. The number of ether oxygens (including phenoxy) is 2. The summed E-state index contributed by atoms with van der Waals surface area (Å²) in [5, 5.41) is 8.91. The maximum absolute atomic E-state index is 13.7. The summed E-state index contributed by atoms with van der Waals surface area (Å²) in [6.45, 7) is 2.27. The quantitative estimate of drug-likeness (QED) is 0.113. The summed E-state index contributed by atoms with van der Waals surface area (Å²) in [5.74, 6) is -0.712. The van der Waals surface area contributed by atoms with Crippen molar-refractivity contribution in [1.82, 2.24) is 4.90 Å². The van der Waals surface area contributed by atoms with Crippen molar-refractivity contribution in [3.63, 3.8) is 0 Å². The largest absolute Gasteiger partial charge is 0.457 e. The van der Waals surface area contributed by atoms with Crippen LogP contribution in [0.3, 0.4) is 0 Å². The van der Waals surface area contributed by atoms with E-state index >= 15 is 0 Å². The van der Waals surface area contributed by atoms with Crippen LogP contribution in [0.2, 0.25) is 0 Å². The third-order valence-corrected chi connectivity index (χ3v) is 7.69. The van der Waals surface area contributed by atoms with E-state index in [0.717, 1.165) is 78.5 Å². The number of aliphatic hydroxyl groups excluding tert-OH is 1. The summed E-state index contributed by atoms with van der Waals surface area (Å²) in [6.07, 6.45) is 6.73. The van der Waals surface area contributed by atoms with Crippen molar-refractivity contribution in [2.75, 3.05) is 20.3 Å².